The molecule has 2 atom stereocenters. The van der Waals surface area contributed by atoms with Crippen molar-refractivity contribution in [2.75, 3.05) is 6.54 Å². The number of nitrogens with zero attached hydrogens (tertiary/aromatic N) is 1. The first-order valence-electron chi connectivity index (χ1n) is 6.38. The van der Waals surface area contributed by atoms with Crippen LogP contribution in [0.15, 0.2) is 21.5 Å². The molecule has 21 heavy (non-hydrogen) atoms. The number of rotatable bonds is 3. The summed E-state index contributed by atoms with van der Waals surface area (Å²) in [4.78, 5) is 11.1. The van der Waals surface area contributed by atoms with Crippen LogP contribution < -0.4 is 0 Å². The lowest BCUT2D eigenvalue weighted by Gasteiger charge is -2.21. The summed E-state index contributed by atoms with van der Waals surface area (Å²) in [7, 11) is -3.73. The van der Waals surface area contributed by atoms with Crippen LogP contribution >= 0.6 is 27.5 Å². The van der Waals surface area contributed by atoms with Gasteiger partial charge in [-0.25, -0.2) is 13.2 Å². The Labute approximate surface area is 137 Å². The first-order chi connectivity index (χ1) is 9.64. The molecule has 1 N–H and O–H groups in total. The summed E-state index contributed by atoms with van der Waals surface area (Å²) in [6.45, 7) is 4.28. The number of aromatic carboxylic acids is 1. The molecule has 116 valence electrons. The smallest absolute Gasteiger partial charge is 0.337 e. The molecule has 0 bridgehead atoms. The zero-order valence-electron chi connectivity index (χ0n) is 11.5. The molecule has 1 saturated heterocycles. The highest BCUT2D eigenvalue weighted by Gasteiger charge is 2.36. The second kappa shape index (κ2) is 5.87. The third-order valence-corrected chi connectivity index (χ3v) is 6.78. The Morgan fingerprint density at radius 2 is 2.05 bits per heavy atom. The van der Waals surface area contributed by atoms with E-state index in [0.29, 0.717) is 6.54 Å². The van der Waals surface area contributed by atoms with Crippen LogP contribution in [-0.4, -0.2) is 36.4 Å². The molecular formula is C13H15BrClNO4S. The van der Waals surface area contributed by atoms with Crippen molar-refractivity contribution < 1.29 is 18.3 Å². The maximum absolute atomic E-state index is 12.7. The molecule has 2 rings (SSSR count). The number of hydrogen-bond donors (Lipinski definition) is 1. The fourth-order valence-corrected chi connectivity index (χ4v) is 5.22. The van der Waals surface area contributed by atoms with Crippen LogP contribution in [0, 0.1) is 5.92 Å². The minimum Gasteiger partial charge on any atom is -0.478 e. The Balaban J connectivity index is 2.53. The number of carbonyl (C=O) groups is 1. The molecular weight excluding hydrogens is 382 g/mol. The van der Waals surface area contributed by atoms with E-state index in [1.807, 2.05) is 13.8 Å². The fourth-order valence-electron chi connectivity index (χ4n) is 2.60. The number of hydrogen-bond acceptors (Lipinski definition) is 3. The molecule has 1 aromatic rings. The Kier molecular flexibility index (Phi) is 4.68. The third-order valence-electron chi connectivity index (χ3n) is 3.57. The maximum Gasteiger partial charge on any atom is 0.337 e. The van der Waals surface area contributed by atoms with Gasteiger partial charge in [0.1, 0.15) is 0 Å². The van der Waals surface area contributed by atoms with Crippen LogP contribution in [0.5, 0.6) is 0 Å². The van der Waals surface area contributed by atoms with Gasteiger partial charge in [0.05, 0.1) is 15.5 Å². The third kappa shape index (κ3) is 3.11. The summed E-state index contributed by atoms with van der Waals surface area (Å²) in [5, 5.41) is 9.12. The number of carboxylic acid groups (broad SMARTS) is 1. The molecule has 1 aromatic carbocycles. The van der Waals surface area contributed by atoms with E-state index in [2.05, 4.69) is 15.9 Å². The summed E-state index contributed by atoms with van der Waals surface area (Å²) >= 11 is 9.00. The van der Waals surface area contributed by atoms with Crippen molar-refractivity contribution in [3.8, 4) is 0 Å². The molecule has 5 nitrogen and oxygen atoms in total. The Bertz CT molecular complexity index is 692. The maximum atomic E-state index is 12.7. The molecule has 2 unspecified atom stereocenters. The zero-order chi connectivity index (χ0) is 15.9. The first-order valence-corrected chi connectivity index (χ1v) is 9.00. The van der Waals surface area contributed by atoms with E-state index in [-0.39, 0.29) is 31.9 Å². The lowest BCUT2D eigenvalue weighted by molar-refractivity contribution is 0.0696. The van der Waals surface area contributed by atoms with Gasteiger partial charge in [0.25, 0.3) is 0 Å². The molecule has 8 heteroatoms. The Morgan fingerprint density at radius 3 is 2.52 bits per heavy atom. The Hall–Kier alpha value is -0.630. The van der Waals surface area contributed by atoms with Gasteiger partial charge >= 0.3 is 5.97 Å². The fraction of sp³-hybridized carbons (Fsp3) is 0.462. The number of sulfonamides is 1. The lowest BCUT2D eigenvalue weighted by Crippen LogP contribution is -2.34. The standard InChI is InChI=1S/C13H15BrClNO4S/c1-7-3-8(2)16(6-7)21(19,20)9-4-10(13(17)18)12(15)11(14)5-9/h4-5,7-8H,3,6H2,1-2H3,(H,17,18). The average molecular weight is 397 g/mol. The van der Waals surface area contributed by atoms with E-state index >= 15 is 0 Å². The van der Waals surface area contributed by atoms with Crippen LogP contribution in [0.4, 0.5) is 0 Å². The topological polar surface area (TPSA) is 74.7 Å². The molecule has 1 aliphatic heterocycles. The monoisotopic (exact) mass is 395 g/mol. The van der Waals surface area contributed by atoms with Crippen LogP contribution in [0.2, 0.25) is 5.02 Å². The first kappa shape index (κ1) is 16.7. The summed E-state index contributed by atoms with van der Waals surface area (Å²) in [5.74, 6) is -0.981. The molecule has 1 aliphatic rings. The largest absolute Gasteiger partial charge is 0.478 e. The van der Waals surface area contributed by atoms with Crippen LogP contribution in [0.3, 0.4) is 0 Å². The van der Waals surface area contributed by atoms with Gasteiger partial charge in [-0.1, -0.05) is 18.5 Å². The Morgan fingerprint density at radius 1 is 1.43 bits per heavy atom. The van der Waals surface area contributed by atoms with Crippen molar-refractivity contribution in [2.24, 2.45) is 5.92 Å². The van der Waals surface area contributed by atoms with Crippen molar-refractivity contribution in [1.82, 2.24) is 4.31 Å². The molecule has 0 radical (unpaired) electrons. The highest BCUT2D eigenvalue weighted by Crippen LogP contribution is 2.34. The van der Waals surface area contributed by atoms with Crippen molar-refractivity contribution in [3.05, 3.63) is 27.2 Å². The number of halogens is 2. The molecule has 0 aromatic heterocycles. The molecule has 0 spiro atoms. The molecule has 0 amide bonds. The molecule has 0 saturated carbocycles. The summed E-state index contributed by atoms with van der Waals surface area (Å²) in [6, 6.07) is 2.35. The van der Waals surface area contributed by atoms with E-state index in [9.17, 15) is 13.2 Å². The van der Waals surface area contributed by atoms with Gasteiger partial charge in [-0.15, -0.1) is 0 Å². The predicted molar refractivity (Wildman–Crippen MR) is 83.2 cm³/mol. The van der Waals surface area contributed by atoms with Crippen molar-refractivity contribution >= 4 is 43.5 Å². The van der Waals surface area contributed by atoms with E-state index in [0.717, 1.165) is 12.5 Å². The van der Waals surface area contributed by atoms with Gasteiger partial charge in [0.15, 0.2) is 0 Å². The zero-order valence-corrected chi connectivity index (χ0v) is 14.7. The SMILES string of the molecule is CC1CC(C)N(S(=O)(=O)c2cc(Br)c(Cl)c(C(=O)O)c2)C1. The summed E-state index contributed by atoms with van der Waals surface area (Å²) in [6.07, 6.45) is 0.791. The van der Waals surface area contributed by atoms with Gasteiger partial charge in [0.2, 0.25) is 10.0 Å². The van der Waals surface area contributed by atoms with Crippen molar-refractivity contribution in [3.63, 3.8) is 0 Å². The van der Waals surface area contributed by atoms with Crippen molar-refractivity contribution in [1.29, 1.82) is 0 Å². The number of benzene rings is 1. The molecule has 1 fully saturated rings. The van der Waals surface area contributed by atoms with Crippen molar-refractivity contribution in [2.45, 2.75) is 31.2 Å². The van der Waals surface area contributed by atoms with E-state index in [4.69, 9.17) is 16.7 Å². The second-order valence-electron chi connectivity index (χ2n) is 5.34. The highest BCUT2D eigenvalue weighted by atomic mass is 79.9. The van der Waals surface area contributed by atoms with E-state index in [1.54, 1.807) is 0 Å². The minimum atomic E-state index is -3.73. The van der Waals surface area contributed by atoms with Gasteiger partial charge in [0, 0.05) is 17.1 Å². The van der Waals surface area contributed by atoms with Gasteiger partial charge in [-0.2, -0.15) is 4.31 Å². The second-order valence-corrected chi connectivity index (χ2v) is 8.46. The minimum absolute atomic E-state index is 0.00992. The van der Waals surface area contributed by atoms with Gasteiger partial charge < -0.3 is 5.11 Å². The van der Waals surface area contributed by atoms with E-state index < -0.39 is 16.0 Å². The normalized spacial score (nSPS) is 23.4. The van der Waals surface area contributed by atoms with E-state index in [1.165, 1.54) is 10.4 Å². The average Bonchev–Trinajstić information content (AvgIpc) is 2.71. The summed E-state index contributed by atoms with van der Waals surface area (Å²) < 4.78 is 27.1. The predicted octanol–water partition coefficient (Wildman–Crippen LogP) is 3.22. The lowest BCUT2D eigenvalue weighted by atomic mass is 10.1. The van der Waals surface area contributed by atoms with Gasteiger partial charge in [-0.3, -0.25) is 0 Å². The molecule has 0 aliphatic carbocycles. The van der Waals surface area contributed by atoms with Crippen LogP contribution in [0.1, 0.15) is 30.6 Å². The highest BCUT2D eigenvalue weighted by molar-refractivity contribution is 9.10. The quantitative estimate of drug-likeness (QED) is 0.851. The summed E-state index contributed by atoms with van der Waals surface area (Å²) in [5.41, 5.74) is -0.232. The number of carboxylic acids is 1. The molecule has 1 heterocycles. The van der Waals surface area contributed by atoms with Crippen LogP contribution in [-0.2, 0) is 10.0 Å². The van der Waals surface area contributed by atoms with Gasteiger partial charge in [-0.05, 0) is 47.3 Å². The van der Waals surface area contributed by atoms with Crippen LogP contribution in [0.25, 0.3) is 0 Å².